The molecule has 2 aliphatic heterocycles. The van der Waals surface area contributed by atoms with E-state index in [1.54, 1.807) is 25.3 Å². The first kappa shape index (κ1) is 24.5. The quantitative estimate of drug-likeness (QED) is 0.585. The van der Waals surface area contributed by atoms with Crippen LogP contribution in [0.15, 0.2) is 47.4 Å². The van der Waals surface area contributed by atoms with Gasteiger partial charge in [0.2, 0.25) is 15.9 Å². The summed E-state index contributed by atoms with van der Waals surface area (Å²) in [7, 11) is -2.07. The summed E-state index contributed by atoms with van der Waals surface area (Å²) in [5.74, 6) is 0.485. The fraction of sp³-hybridized carbons (Fsp3) is 0.480. The van der Waals surface area contributed by atoms with Crippen LogP contribution < -0.4 is 15.0 Å². The average molecular weight is 488 g/mol. The lowest BCUT2D eigenvalue weighted by Crippen LogP contribution is -2.40. The van der Waals surface area contributed by atoms with Gasteiger partial charge in [0, 0.05) is 44.8 Å². The average Bonchev–Trinajstić information content (AvgIpc) is 3.42. The van der Waals surface area contributed by atoms with Crippen molar-refractivity contribution in [3.05, 3.63) is 53.6 Å². The standard InChI is InChI=1S/C25H33N3O5S/c1-32-24-10-9-23(34(30,31)28-14-16-33-17-15-28)18-21(24)6-11-25(29)26-19-20-4-7-22(8-5-20)27-12-2-3-13-27/h4-5,7-10,18H,2-3,6,11-17,19H2,1H3,(H,26,29). The van der Waals surface area contributed by atoms with Crippen molar-refractivity contribution in [2.45, 2.75) is 37.1 Å². The van der Waals surface area contributed by atoms with Crippen LogP contribution >= 0.6 is 0 Å². The second-order valence-electron chi connectivity index (χ2n) is 8.63. The third-order valence-corrected chi connectivity index (χ3v) is 8.27. The number of benzene rings is 2. The lowest BCUT2D eigenvalue weighted by atomic mass is 10.1. The number of hydrogen-bond acceptors (Lipinski definition) is 6. The van der Waals surface area contributed by atoms with Crippen LogP contribution in [0.4, 0.5) is 5.69 Å². The first-order valence-electron chi connectivity index (χ1n) is 11.8. The molecule has 0 unspecified atom stereocenters. The summed E-state index contributed by atoms with van der Waals surface area (Å²) in [5, 5.41) is 2.96. The molecule has 0 aliphatic carbocycles. The Morgan fingerprint density at radius 2 is 1.74 bits per heavy atom. The molecule has 0 atom stereocenters. The van der Waals surface area contributed by atoms with E-state index in [9.17, 15) is 13.2 Å². The number of morpholine rings is 1. The minimum absolute atomic E-state index is 0.0906. The van der Waals surface area contributed by atoms with Gasteiger partial charge in [-0.15, -0.1) is 0 Å². The summed E-state index contributed by atoms with van der Waals surface area (Å²) >= 11 is 0. The molecule has 1 amide bonds. The monoisotopic (exact) mass is 487 g/mol. The minimum Gasteiger partial charge on any atom is -0.496 e. The van der Waals surface area contributed by atoms with E-state index < -0.39 is 10.0 Å². The molecular weight excluding hydrogens is 454 g/mol. The summed E-state index contributed by atoms with van der Waals surface area (Å²) in [6, 6.07) is 13.2. The molecule has 2 heterocycles. The molecule has 8 nitrogen and oxygen atoms in total. The van der Waals surface area contributed by atoms with Gasteiger partial charge in [0.25, 0.3) is 0 Å². The number of aryl methyl sites for hydroxylation is 1. The molecule has 2 fully saturated rings. The summed E-state index contributed by atoms with van der Waals surface area (Å²) in [6.45, 7) is 4.13. The van der Waals surface area contributed by atoms with Crippen molar-refractivity contribution in [2.75, 3.05) is 51.4 Å². The van der Waals surface area contributed by atoms with E-state index in [0.29, 0.717) is 50.6 Å². The van der Waals surface area contributed by atoms with Crippen LogP contribution in [0.5, 0.6) is 5.75 Å². The zero-order chi connectivity index (χ0) is 24.0. The van der Waals surface area contributed by atoms with Crippen LogP contribution in [0, 0.1) is 0 Å². The first-order valence-corrected chi connectivity index (χ1v) is 13.3. The Labute approximate surface area is 201 Å². The molecule has 0 aromatic heterocycles. The molecule has 0 bridgehead atoms. The van der Waals surface area contributed by atoms with E-state index >= 15 is 0 Å². The number of carbonyl (C=O) groups excluding carboxylic acids is 1. The number of amides is 1. The van der Waals surface area contributed by atoms with Gasteiger partial charge in [-0.1, -0.05) is 12.1 Å². The van der Waals surface area contributed by atoms with Crippen molar-refractivity contribution in [1.29, 1.82) is 0 Å². The number of nitrogens with one attached hydrogen (secondary N) is 1. The Balaban J connectivity index is 1.33. The fourth-order valence-corrected chi connectivity index (χ4v) is 5.84. The lowest BCUT2D eigenvalue weighted by Gasteiger charge is -2.26. The van der Waals surface area contributed by atoms with Crippen molar-refractivity contribution in [3.8, 4) is 5.75 Å². The number of nitrogens with zero attached hydrogens (tertiary/aromatic N) is 2. The maximum absolute atomic E-state index is 13.0. The zero-order valence-corrected chi connectivity index (χ0v) is 20.5. The van der Waals surface area contributed by atoms with E-state index in [-0.39, 0.29) is 17.2 Å². The molecule has 4 rings (SSSR count). The van der Waals surface area contributed by atoms with Gasteiger partial charge >= 0.3 is 0 Å². The molecular formula is C25H33N3O5S. The smallest absolute Gasteiger partial charge is 0.243 e. The summed E-state index contributed by atoms with van der Waals surface area (Å²) in [5.41, 5.74) is 2.97. The predicted octanol–water partition coefficient (Wildman–Crippen LogP) is 2.57. The molecule has 2 aliphatic rings. The zero-order valence-electron chi connectivity index (χ0n) is 19.7. The van der Waals surface area contributed by atoms with E-state index in [1.165, 1.54) is 22.8 Å². The van der Waals surface area contributed by atoms with Crippen molar-refractivity contribution in [2.24, 2.45) is 0 Å². The Kier molecular flexibility index (Phi) is 8.07. The van der Waals surface area contributed by atoms with Gasteiger partial charge in [-0.25, -0.2) is 8.42 Å². The SMILES string of the molecule is COc1ccc(S(=O)(=O)N2CCOCC2)cc1CCC(=O)NCc1ccc(N2CCCC2)cc1. The van der Waals surface area contributed by atoms with Crippen LogP contribution in [-0.4, -0.2) is 65.1 Å². The molecule has 2 aromatic rings. The third-order valence-electron chi connectivity index (χ3n) is 6.38. The lowest BCUT2D eigenvalue weighted by molar-refractivity contribution is -0.121. The number of carbonyl (C=O) groups is 1. The number of methoxy groups -OCH3 is 1. The molecule has 9 heteroatoms. The molecule has 0 radical (unpaired) electrons. The van der Waals surface area contributed by atoms with E-state index in [1.807, 2.05) is 0 Å². The van der Waals surface area contributed by atoms with Gasteiger partial charge < -0.3 is 19.7 Å². The Morgan fingerprint density at radius 1 is 1.03 bits per heavy atom. The highest BCUT2D eigenvalue weighted by atomic mass is 32.2. The molecule has 0 saturated carbocycles. The number of anilines is 1. The van der Waals surface area contributed by atoms with Crippen LogP contribution in [-0.2, 0) is 32.5 Å². The summed E-state index contributed by atoms with van der Waals surface area (Å²) < 4.78 is 38.1. The van der Waals surface area contributed by atoms with Gasteiger partial charge in [0.15, 0.2) is 0 Å². The molecule has 184 valence electrons. The topological polar surface area (TPSA) is 88.2 Å². The number of hydrogen-bond donors (Lipinski definition) is 1. The highest BCUT2D eigenvalue weighted by Gasteiger charge is 2.27. The van der Waals surface area contributed by atoms with Gasteiger partial charge in [-0.05, 0) is 60.7 Å². The molecule has 0 spiro atoms. The molecule has 1 N–H and O–H groups in total. The van der Waals surface area contributed by atoms with Crippen molar-refractivity contribution >= 4 is 21.6 Å². The van der Waals surface area contributed by atoms with Crippen LogP contribution in [0.25, 0.3) is 0 Å². The highest BCUT2D eigenvalue weighted by Crippen LogP contribution is 2.26. The normalized spacial score (nSPS) is 17.0. The second-order valence-corrected chi connectivity index (χ2v) is 10.6. The number of sulfonamides is 1. The van der Waals surface area contributed by atoms with Gasteiger partial charge in [-0.3, -0.25) is 4.79 Å². The maximum Gasteiger partial charge on any atom is 0.243 e. The largest absolute Gasteiger partial charge is 0.496 e. The van der Waals surface area contributed by atoms with Crippen LogP contribution in [0.2, 0.25) is 0 Å². The first-order chi connectivity index (χ1) is 16.5. The van der Waals surface area contributed by atoms with E-state index in [2.05, 4.69) is 34.5 Å². The summed E-state index contributed by atoms with van der Waals surface area (Å²) in [4.78, 5) is 15.1. The fourth-order valence-electron chi connectivity index (χ4n) is 4.38. The van der Waals surface area contributed by atoms with Crippen molar-refractivity contribution in [1.82, 2.24) is 9.62 Å². The van der Waals surface area contributed by atoms with E-state index in [0.717, 1.165) is 18.7 Å². The Hall–Kier alpha value is -2.62. The Morgan fingerprint density at radius 3 is 2.41 bits per heavy atom. The summed E-state index contributed by atoms with van der Waals surface area (Å²) in [6.07, 6.45) is 3.11. The Bertz CT molecular complexity index is 1080. The van der Waals surface area contributed by atoms with Crippen molar-refractivity contribution in [3.63, 3.8) is 0 Å². The highest BCUT2D eigenvalue weighted by molar-refractivity contribution is 7.89. The minimum atomic E-state index is -3.61. The van der Waals surface area contributed by atoms with E-state index in [4.69, 9.17) is 9.47 Å². The van der Waals surface area contributed by atoms with Crippen LogP contribution in [0.1, 0.15) is 30.4 Å². The second kappa shape index (κ2) is 11.2. The van der Waals surface area contributed by atoms with Gasteiger partial charge in [0.1, 0.15) is 5.75 Å². The predicted molar refractivity (Wildman–Crippen MR) is 131 cm³/mol. The van der Waals surface area contributed by atoms with Gasteiger partial charge in [0.05, 0.1) is 25.2 Å². The molecule has 34 heavy (non-hydrogen) atoms. The number of rotatable bonds is 9. The van der Waals surface area contributed by atoms with Crippen molar-refractivity contribution < 1.29 is 22.7 Å². The number of ether oxygens (including phenoxy) is 2. The molecule has 2 aromatic carbocycles. The molecule has 2 saturated heterocycles. The third kappa shape index (κ3) is 5.89. The van der Waals surface area contributed by atoms with Crippen LogP contribution in [0.3, 0.4) is 0 Å². The maximum atomic E-state index is 13.0. The van der Waals surface area contributed by atoms with Gasteiger partial charge in [-0.2, -0.15) is 4.31 Å².